The third-order valence-corrected chi connectivity index (χ3v) is 2.20. The predicted octanol–water partition coefficient (Wildman–Crippen LogP) is 4.37. The molecule has 1 nitrogen and oxygen atoms in total. The molecule has 1 rings (SSSR count). The molecule has 0 aliphatic rings. The van der Waals surface area contributed by atoms with Gasteiger partial charge in [0.15, 0.2) is 0 Å². The first-order valence-corrected chi connectivity index (χ1v) is 5.56. The fourth-order valence-electron chi connectivity index (χ4n) is 1.05. The van der Waals surface area contributed by atoms with Crippen molar-refractivity contribution >= 4 is 24.5 Å². The first-order chi connectivity index (χ1) is 7.84. The van der Waals surface area contributed by atoms with E-state index in [0.717, 1.165) is 10.6 Å². The Balaban J connectivity index is 2.52. The molecule has 1 aromatic rings. The molecule has 0 amide bonds. The summed E-state index contributed by atoms with van der Waals surface area (Å²) in [5.41, 5.74) is 0.882. The summed E-state index contributed by atoms with van der Waals surface area (Å²) in [6.07, 6.45) is 13.5. The van der Waals surface area contributed by atoms with Crippen LogP contribution in [0.4, 0.5) is 5.69 Å². The van der Waals surface area contributed by atoms with E-state index in [1.165, 1.54) is 0 Å². The van der Waals surface area contributed by atoms with Crippen molar-refractivity contribution in [2.75, 3.05) is 0 Å². The summed E-state index contributed by atoms with van der Waals surface area (Å²) in [7, 11) is 0. The van der Waals surface area contributed by atoms with Crippen LogP contribution in [0, 0.1) is 0 Å². The number of hydrogen-bond acceptors (Lipinski definition) is 2. The summed E-state index contributed by atoms with van der Waals surface area (Å²) < 4.78 is 0. The highest BCUT2D eigenvalue weighted by Gasteiger charge is 1.90. The first kappa shape index (κ1) is 12.5. The summed E-state index contributed by atoms with van der Waals surface area (Å²) in [6.45, 7) is 1.99. The van der Waals surface area contributed by atoms with Gasteiger partial charge in [0.1, 0.15) is 0 Å². The molecule has 0 heterocycles. The SMILES string of the molecule is C/C=C/C=C/C=C/C=Nc1ccccc1S. The highest BCUT2D eigenvalue weighted by atomic mass is 32.1. The van der Waals surface area contributed by atoms with Crippen molar-refractivity contribution in [1.29, 1.82) is 0 Å². The molecule has 0 N–H and O–H groups in total. The maximum atomic E-state index is 4.31. The topological polar surface area (TPSA) is 12.4 Å². The molecule has 1 aromatic carbocycles. The number of nitrogens with zero attached hydrogens (tertiary/aromatic N) is 1. The van der Waals surface area contributed by atoms with Crippen LogP contribution in [0.2, 0.25) is 0 Å². The zero-order valence-electron chi connectivity index (χ0n) is 9.25. The van der Waals surface area contributed by atoms with Crippen molar-refractivity contribution in [2.45, 2.75) is 11.8 Å². The van der Waals surface area contributed by atoms with Crippen LogP contribution in [0.25, 0.3) is 0 Å². The Hall–Kier alpha value is -1.54. The highest BCUT2D eigenvalue weighted by molar-refractivity contribution is 7.80. The van der Waals surface area contributed by atoms with Crippen molar-refractivity contribution in [3.05, 3.63) is 60.7 Å². The number of allylic oxidation sites excluding steroid dienone is 6. The van der Waals surface area contributed by atoms with E-state index in [-0.39, 0.29) is 0 Å². The number of benzene rings is 1. The average molecular weight is 229 g/mol. The van der Waals surface area contributed by atoms with Crippen LogP contribution in [0.3, 0.4) is 0 Å². The molecule has 0 unspecified atom stereocenters. The Morgan fingerprint density at radius 3 is 2.44 bits per heavy atom. The fourth-order valence-corrected chi connectivity index (χ4v) is 1.27. The normalized spacial score (nSPS) is 12.6. The third kappa shape index (κ3) is 4.80. The minimum Gasteiger partial charge on any atom is -0.256 e. The fraction of sp³-hybridized carbons (Fsp3) is 0.0714. The van der Waals surface area contributed by atoms with E-state index in [1.807, 2.05) is 67.6 Å². The lowest BCUT2D eigenvalue weighted by molar-refractivity contribution is 1.39. The smallest absolute Gasteiger partial charge is 0.0762 e. The minimum absolute atomic E-state index is 0.882. The molecule has 0 aliphatic carbocycles. The molecule has 0 atom stereocenters. The van der Waals surface area contributed by atoms with Crippen molar-refractivity contribution in [3.63, 3.8) is 0 Å². The summed E-state index contributed by atoms with van der Waals surface area (Å²) in [6, 6.07) is 7.74. The molecular weight excluding hydrogens is 214 g/mol. The van der Waals surface area contributed by atoms with E-state index in [2.05, 4.69) is 17.6 Å². The van der Waals surface area contributed by atoms with E-state index in [0.29, 0.717) is 0 Å². The van der Waals surface area contributed by atoms with E-state index in [1.54, 1.807) is 6.21 Å². The van der Waals surface area contributed by atoms with Crippen molar-refractivity contribution in [3.8, 4) is 0 Å². The van der Waals surface area contributed by atoms with Gasteiger partial charge in [-0.25, -0.2) is 0 Å². The number of hydrogen-bond donors (Lipinski definition) is 1. The lowest BCUT2D eigenvalue weighted by Gasteiger charge is -1.95. The number of rotatable bonds is 4. The highest BCUT2D eigenvalue weighted by Crippen LogP contribution is 2.21. The van der Waals surface area contributed by atoms with E-state index in [4.69, 9.17) is 0 Å². The van der Waals surface area contributed by atoms with E-state index >= 15 is 0 Å². The molecule has 82 valence electrons. The van der Waals surface area contributed by atoms with E-state index < -0.39 is 0 Å². The monoisotopic (exact) mass is 229 g/mol. The number of para-hydroxylation sites is 1. The molecule has 0 saturated carbocycles. The lowest BCUT2D eigenvalue weighted by Crippen LogP contribution is -1.69. The van der Waals surface area contributed by atoms with Crippen LogP contribution in [-0.4, -0.2) is 6.21 Å². The third-order valence-electron chi connectivity index (χ3n) is 1.82. The molecule has 0 aromatic heterocycles. The van der Waals surface area contributed by atoms with Crippen molar-refractivity contribution in [2.24, 2.45) is 4.99 Å². The van der Waals surface area contributed by atoms with Gasteiger partial charge in [-0.15, -0.1) is 12.6 Å². The second-order valence-electron chi connectivity index (χ2n) is 3.06. The molecule has 0 fully saturated rings. The lowest BCUT2D eigenvalue weighted by atomic mass is 10.3. The van der Waals surface area contributed by atoms with Crippen LogP contribution in [0.1, 0.15) is 6.92 Å². The van der Waals surface area contributed by atoms with Crippen LogP contribution in [0.5, 0.6) is 0 Å². The Kier molecular flexibility index (Phi) is 6.04. The average Bonchev–Trinajstić information content (AvgIpc) is 2.30. The quantitative estimate of drug-likeness (QED) is 0.447. The summed E-state index contributed by atoms with van der Waals surface area (Å²) >= 11 is 4.31. The van der Waals surface area contributed by atoms with Gasteiger partial charge in [-0.05, 0) is 25.1 Å². The van der Waals surface area contributed by atoms with Gasteiger partial charge >= 0.3 is 0 Å². The van der Waals surface area contributed by atoms with Gasteiger partial charge in [-0.2, -0.15) is 0 Å². The van der Waals surface area contributed by atoms with Gasteiger partial charge in [0.2, 0.25) is 0 Å². The zero-order valence-corrected chi connectivity index (χ0v) is 10.1. The van der Waals surface area contributed by atoms with Crippen LogP contribution in [-0.2, 0) is 0 Å². The van der Waals surface area contributed by atoms with Crippen LogP contribution in [0.15, 0.2) is 70.6 Å². The van der Waals surface area contributed by atoms with Gasteiger partial charge in [0.25, 0.3) is 0 Å². The number of thiol groups is 1. The van der Waals surface area contributed by atoms with Gasteiger partial charge < -0.3 is 0 Å². The molecule has 0 radical (unpaired) electrons. The largest absolute Gasteiger partial charge is 0.256 e. The van der Waals surface area contributed by atoms with Gasteiger partial charge in [-0.3, -0.25) is 4.99 Å². The van der Waals surface area contributed by atoms with Gasteiger partial charge in [0, 0.05) is 11.1 Å². The summed E-state index contributed by atoms with van der Waals surface area (Å²) in [4.78, 5) is 5.17. The summed E-state index contributed by atoms with van der Waals surface area (Å²) in [5, 5.41) is 0. The molecular formula is C14H15NS. The maximum absolute atomic E-state index is 4.31. The van der Waals surface area contributed by atoms with Crippen molar-refractivity contribution in [1.82, 2.24) is 0 Å². The molecule has 0 spiro atoms. The predicted molar refractivity (Wildman–Crippen MR) is 74.9 cm³/mol. The Morgan fingerprint density at radius 1 is 1.00 bits per heavy atom. The van der Waals surface area contributed by atoms with Crippen LogP contribution >= 0.6 is 12.6 Å². The Bertz CT molecular complexity index is 428. The standard InChI is InChI=1S/C14H15NS/c1-2-3-4-5-6-9-12-15-13-10-7-8-11-14(13)16/h2-12,16H,1H3/b3-2+,5-4+,9-6+,15-12?. The summed E-state index contributed by atoms with van der Waals surface area (Å²) in [5.74, 6) is 0. The van der Waals surface area contributed by atoms with E-state index in [9.17, 15) is 0 Å². The molecule has 0 saturated heterocycles. The van der Waals surface area contributed by atoms with Gasteiger partial charge in [0.05, 0.1) is 5.69 Å². The Labute approximate surface area is 102 Å². The van der Waals surface area contributed by atoms with Gasteiger partial charge in [-0.1, -0.05) is 42.5 Å². The second-order valence-corrected chi connectivity index (χ2v) is 3.54. The van der Waals surface area contributed by atoms with Crippen molar-refractivity contribution < 1.29 is 0 Å². The maximum Gasteiger partial charge on any atom is 0.0762 e. The first-order valence-electron chi connectivity index (χ1n) is 5.11. The minimum atomic E-state index is 0.882. The molecule has 0 bridgehead atoms. The molecule has 16 heavy (non-hydrogen) atoms. The van der Waals surface area contributed by atoms with Crippen LogP contribution < -0.4 is 0 Å². The molecule has 0 aliphatic heterocycles. The molecule has 2 heteroatoms. The number of aliphatic imine (C=N–C) groups is 1. The second kappa shape index (κ2) is 7.71. The zero-order chi connectivity index (χ0) is 11.6. The Morgan fingerprint density at radius 2 is 1.69 bits per heavy atom.